The van der Waals surface area contributed by atoms with Gasteiger partial charge in [-0.2, -0.15) is 36.4 Å². The van der Waals surface area contributed by atoms with E-state index >= 15 is 0 Å². The van der Waals surface area contributed by atoms with Gasteiger partial charge in [0.05, 0.1) is 14.2 Å². The Morgan fingerprint density at radius 2 is 1.00 bits per heavy atom. The molecule has 166 valence electrons. The predicted octanol–water partition coefficient (Wildman–Crippen LogP) is -9.65. The van der Waals surface area contributed by atoms with Crippen LogP contribution in [0.25, 0.3) is 0 Å². The van der Waals surface area contributed by atoms with Gasteiger partial charge in [-0.1, -0.05) is 0 Å². The van der Waals surface area contributed by atoms with E-state index in [0.717, 1.165) is 24.6 Å². The molecule has 0 aliphatic carbocycles. The number of likely N-dealkylation sites (N-methyl/N-ethyl adjacent to an activating group) is 2. The molecule has 31 heavy (non-hydrogen) atoms. The number of rotatable bonds is 5. The van der Waals surface area contributed by atoms with Crippen LogP contribution >= 0.6 is 0 Å². The van der Waals surface area contributed by atoms with Crippen LogP contribution in [0.5, 0.6) is 11.5 Å². The molecule has 2 rings (SSSR count). The number of nitrogens with zero attached hydrogens (tertiary/aromatic N) is 2. The summed E-state index contributed by atoms with van der Waals surface area (Å²) >= 11 is 0. The minimum Gasteiger partial charge on any atom is -1.00 e. The molecule has 4 nitrogen and oxygen atoms in total. The van der Waals surface area contributed by atoms with Gasteiger partial charge in [-0.15, -0.1) is 24.3 Å². The molecule has 0 aromatic heterocycles. The molecule has 0 fully saturated rings. The maximum Gasteiger partial charge on any atom is 2.00 e. The van der Waals surface area contributed by atoms with Crippen molar-refractivity contribution in [2.24, 2.45) is 0 Å². The normalized spacial score (nSPS) is 7.35. The molecule has 0 aliphatic heterocycles. The second-order valence-corrected chi connectivity index (χ2v) is 5.49. The Morgan fingerprint density at radius 3 is 1.13 bits per heavy atom. The summed E-state index contributed by atoms with van der Waals surface area (Å²) in [5, 5.41) is 0. The third-order valence-electron chi connectivity index (χ3n) is 2.82. The van der Waals surface area contributed by atoms with Crippen LogP contribution in [-0.4, -0.2) is 111 Å². The number of hydrogen-bond donors (Lipinski definition) is 0. The molecule has 0 radical (unpaired) electrons. The summed E-state index contributed by atoms with van der Waals surface area (Å²) in [5.74, 6) is 1.71. The Morgan fingerprint density at radius 1 is 0.710 bits per heavy atom. The van der Waals surface area contributed by atoms with E-state index < -0.39 is 0 Å². The first kappa shape index (κ1) is 53.8. The Bertz CT molecular complexity index is 478. The van der Waals surface area contributed by atoms with Gasteiger partial charge < -0.3 is 78.1 Å². The molecule has 0 N–H and O–H groups in total. The first-order valence-corrected chi connectivity index (χ1v) is 7.79. The summed E-state index contributed by atoms with van der Waals surface area (Å²) in [7, 11) is 11.6. The van der Waals surface area contributed by atoms with E-state index in [4.69, 9.17) is 9.47 Å². The fraction of sp³-hybridized carbons (Fsp3) is 0.400. The van der Waals surface area contributed by atoms with Crippen LogP contribution < -0.4 is 68.3 Å². The van der Waals surface area contributed by atoms with Gasteiger partial charge in [-0.05, 0) is 28.2 Å². The van der Waals surface area contributed by atoms with E-state index in [-0.39, 0.29) is 124 Å². The monoisotopic (exact) mass is 670 g/mol. The van der Waals surface area contributed by atoms with E-state index in [1.807, 2.05) is 36.4 Å². The molecule has 0 spiro atoms. The van der Waals surface area contributed by atoms with Crippen LogP contribution in [0.15, 0.2) is 48.5 Å². The fourth-order valence-corrected chi connectivity index (χ4v) is 1.41. The van der Waals surface area contributed by atoms with Crippen molar-refractivity contribution in [2.45, 2.75) is 0 Å². The minimum atomic E-state index is 0. The Hall–Kier alpha value is 1.66. The Labute approximate surface area is 268 Å². The maximum absolute atomic E-state index is 4.88. The van der Waals surface area contributed by atoms with Gasteiger partial charge in [0.2, 0.25) is 0 Å². The van der Waals surface area contributed by atoms with Crippen LogP contribution in [0.2, 0.25) is 0 Å². The van der Waals surface area contributed by atoms with Gasteiger partial charge in [-0.3, -0.25) is 0 Å². The summed E-state index contributed by atoms with van der Waals surface area (Å²) in [6.45, 7) is 2.29. The Kier molecular flexibility index (Phi) is 67.5. The van der Waals surface area contributed by atoms with E-state index in [1.54, 1.807) is 26.4 Å². The number of methoxy groups -OCH3 is 2. The van der Waals surface area contributed by atoms with Crippen molar-refractivity contribution >= 4 is 46.1 Å². The molecule has 0 aliphatic rings. The van der Waals surface area contributed by atoms with Gasteiger partial charge in [-0.25, -0.2) is 0 Å². The zero-order valence-corrected chi connectivity index (χ0v) is 29.9. The first-order chi connectivity index (χ1) is 11.5. The molecule has 2 aromatic rings. The fourth-order valence-electron chi connectivity index (χ4n) is 1.41. The van der Waals surface area contributed by atoms with Gasteiger partial charge in [0, 0.05) is 24.6 Å². The van der Waals surface area contributed by atoms with E-state index in [1.165, 1.54) is 0 Å². The summed E-state index contributed by atoms with van der Waals surface area (Å²) < 4.78 is 9.77. The van der Waals surface area contributed by atoms with Crippen molar-refractivity contribution in [1.82, 2.24) is 9.80 Å². The van der Waals surface area contributed by atoms with Gasteiger partial charge in [0.25, 0.3) is 0 Å². The average molecular weight is 675 g/mol. The van der Waals surface area contributed by atoms with Crippen LogP contribution in [0.4, 0.5) is 0 Å². The Balaban J connectivity index is -0.0000000383. The molecule has 0 heterocycles. The third-order valence-corrected chi connectivity index (χ3v) is 2.82. The third kappa shape index (κ3) is 39.2. The van der Waals surface area contributed by atoms with Crippen LogP contribution in [0.1, 0.15) is 0 Å². The number of halogens is 4. The summed E-state index contributed by atoms with van der Waals surface area (Å²) in [4.78, 5) is 4.36. The first-order valence-electron chi connectivity index (χ1n) is 7.79. The molecule has 0 bridgehead atoms. The zero-order valence-electron chi connectivity index (χ0n) is 19.4. The number of benzene rings is 2. The molecule has 0 unspecified atom stereocenters. The predicted molar refractivity (Wildman–Crippen MR) is 112 cm³/mol. The molecule has 0 saturated heterocycles. The molecular formula is C20H30Br2Cl2Mg2N2O2Zn. The van der Waals surface area contributed by atoms with E-state index in [2.05, 4.69) is 50.1 Å². The number of ether oxygens (including phenoxy) is 2. The number of hydrogen-bond acceptors (Lipinski definition) is 4. The van der Waals surface area contributed by atoms with Crippen LogP contribution in [0.3, 0.4) is 0 Å². The SMILES string of the molecule is CN(C)CCN(C)C.COc1c[c-]ccc1.COc1c[c-]ccc1.[Br-].[Br-].[Cl-].[Cl-].[Mg+2].[Mg+2].[Zn+2]. The van der Waals surface area contributed by atoms with Crippen LogP contribution in [0, 0.1) is 12.1 Å². The van der Waals surface area contributed by atoms with Crippen molar-refractivity contribution < 1.29 is 87.7 Å². The van der Waals surface area contributed by atoms with Crippen LogP contribution in [-0.2, 0) is 19.5 Å². The van der Waals surface area contributed by atoms with Crippen molar-refractivity contribution in [2.75, 3.05) is 55.5 Å². The molecule has 2 aromatic carbocycles. The topological polar surface area (TPSA) is 24.9 Å². The van der Waals surface area contributed by atoms with E-state index in [0.29, 0.717) is 0 Å². The van der Waals surface area contributed by atoms with E-state index in [9.17, 15) is 0 Å². The van der Waals surface area contributed by atoms with Gasteiger partial charge in [0.1, 0.15) is 0 Å². The molecule has 0 atom stereocenters. The second-order valence-electron chi connectivity index (χ2n) is 5.49. The molecule has 0 saturated carbocycles. The van der Waals surface area contributed by atoms with Gasteiger partial charge in [0.15, 0.2) is 0 Å². The maximum atomic E-state index is 4.88. The van der Waals surface area contributed by atoms with Crippen molar-refractivity contribution in [3.8, 4) is 11.5 Å². The largest absolute Gasteiger partial charge is 2.00 e. The minimum absolute atomic E-state index is 0. The summed E-state index contributed by atoms with van der Waals surface area (Å²) in [6.07, 6.45) is 0. The van der Waals surface area contributed by atoms with Gasteiger partial charge >= 0.3 is 65.6 Å². The quantitative estimate of drug-likeness (QED) is 0.233. The molecule has 11 heteroatoms. The standard InChI is InChI=1S/2C7H7O.C6H16N2.2BrH.2ClH.2Mg.Zn/c2*1-8-7-5-3-2-4-6-7;1-7(2)5-6-8(3)4;;;;;;;/h2*2-3,5-6H,1H3;5-6H2,1-4H3;4*1H;;;/q2*-1;;;;;;3*+2/p-4. The molecular weight excluding hydrogens is 645 g/mol. The average Bonchev–Trinajstić information content (AvgIpc) is 2.62. The van der Waals surface area contributed by atoms with Crippen molar-refractivity contribution in [3.63, 3.8) is 0 Å². The van der Waals surface area contributed by atoms with Crippen molar-refractivity contribution in [3.05, 3.63) is 60.7 Å². The smallest absolute Gasteiger partial charge is 1.00 e. The summed E-state index contributed by atoms with van der Waals surface area (Å²) in [6, 6.07) is 20.6. The molecule has 0 amide bonds. The second kappa shape index (κ2) is 38.9. The summed E-state index contributed by atoms with van der Waals surface area (Å²) in [5.41, 5.74) is 0. The zero-order chi connectivity index (χ0) is 18.2. The van der Waals surface area contributed by atoms with Crippen molar-refractivity contribution in [1.29, 1.82) is 0 Å².